The zero-order chi connectivity index (χ0) is 18.7. The van der Waals surface area contributed by atoms with E-state index in [0.29, 0.717) is 0 Å². The molecule has 1 nitrogen and oxygen atoms in total. The third kappa shape index (κ3) is 86.3. The molecule has 0 amide bonds. The van der Waals surface area contributed by atoms with Gasteiger partial charge < -0.3 is 11.8 Å². The summed E-state index contributed by atoms with van der Waals surface area (Å²) in [7, 11) is 0.361. The van der Waals surface area contributed by atoms with Gasteiger partial charge in [-0.1, -0.05) is 0 Å². The van der Waals surface area contributed by atoms with Crippen LogP contribution in [0.5, 0.6) is 0 Å². The molecule has 0 aliphatic heterocycles. The molecule has 0 saturated heterocycles. The normalized spacial score (nSPS) is 8.00. The molecule has 0 spiro atoms. The van der Waals surface area contributed by atoms with E-state index in [9.17, 15) is 8.78 Å². The Labute approximate surface area is 157 Å². The monoisotopic (exact) mass is 429 g/mol. The van der Waals surface area contributed by atoms with E-state index < -0.39 is 11.6 Å². The number of halogens is 2. The quantitative estimate of drug-likeness (QED) is 0.415. The average molecular weight is 429 g/mol. The van der Waals surface area contributed by atoms with Crippen molar-refractivity contribution < 1.29 is 25.6 Å². The summed E-state index contributed by atoms with van der Waals surface area (Å²) >= 11 is 0. The van der Waals surface area contributed by atoms with Crippen molar-refractivity contribution in [2.75, 3.05) is 60.0 Å². The molecular weight excluding hydrogens is 396 g/mol. The predicted octanol–water partition coefficient (Wildman–Crippen LogP) is 5.13. The van der Waals surface area contributed by atoms with E-state index in [1.54, 1.807) is 0 Å². The molecule has 1 radical (unpaired) electrons. The van der Waals surface area contributed by atoms with Crippen LogP contribution in [0.4, 0.5) is 8.78 Å². The topological polar surface area (TPSA) is 23.8 Å². The molecule has 137 valence electrons. The van der Waals surface area contributed by atoms with Crippen LogP contribution in [0.25, 0.3) is 0 Å². The van der Waals surface area contributed by atoms with Crippen LogP contribution in [-0.4, -0.2) is 60.0 Å². The fourth-order valence-corrected chi connectivity index (χ4v) is 0.414. The van der Waals surface area contributed by atoms with E-state index in [4.69, 9.17) is 11.8 Å². The van der Waals surface area contributed by atoms with Crippen molar-refractivity contribution in [2.24, 2.45) is 0 Å². The minimum absolute atomic E-state index is 0. The van der Waals surface area contributed by atoms with Gasteiger partial charge in [0.25, 0.3) is 0 Å². The second-order valence-corrected chi connectivity index (χ2v) is 14.8. The maximum atomic E-state index is 11.9. The summed E-state index contributed by atoms with van der Waals surface area (Å²) in [5.41, 5.74) is 0. The van der Waals surface area contributed by atoms with Crippen LogP contribution in [0.1, 0.15) is 0 Å². The summed E-state index contributed by atoms with van der Waals surface area (Å²) in [5.74, 6) is -1.32. The predicted molar refractivity (Wildman–Crippen MR) is 108 cm³/mol. The summed E-state index contributed by atoms with van der Waals surface area (Å²) in [6, 6.07) is 5.41. The minimum atomic E-state index is -0.662. The van der Waals surface area contributed by atoms with Crippen LogP contribution < -0.4 is 0 Å². The summed E-state index contributed by atoms with van der Waals surface area (Å²) in [6.07, 6.45) is 0. The fraction of sp³-hybridized carbons (Fsp3) is 0.562. The molecule has 0 unspecified atom stereocenters. The van der Waals surface area contributed by atoms with E-state index in [2.05, 4.69) is 60.0 Å². The first-order valence-electron chi connectivity index (χ1n) is 6.85. The van der Waals surface area contributed by atoms with Crippen LogP contribution in [0.15, 0.2) is 18.2 Å². The van der Waals surface area contributed by atoms with Crippen LogP contribution in [0, 0.1) is 29.5 Å². The van der Waals surface area contributed by atoms with Crippen molar-refractivity contribution in [3.8, 4) is 0 Å². The second kappa shape index (κ2) is 27.2. The van der Waals surface area contributed by atoms with Crippen molar-refractivity contribution in [3.05, 3.63) is 42.5 Å². The third-order valence-electron chi connectivity index (χ3n) is 0.724. The van der Waals surface area contributed by atoms with Gasteiger partial charge >= 0.3 is 16.8 Å². The maximum absolute atomic E-state index is 11.9. The van der Waals surface area contributed by atoms with Gasteiger partial charge in [-0.3, -0.25) is 0 Å². The van der Waals surface area contributed by atoms with Gasteiger partial charge in [-0.05, 0) is 23.8 Å². The largest absolute Gasteiger partial charge is 2.00 e. The number of rotatable bonds is 0. The first-order chi connectivity index (χ1) is 9.98. The molecule has 1 aromatic rings. The summed E-state index contributed by atoms with van der Waals surface area (Å²) in [4.78, 5) is 0. The van der Waals surface area contributed by atoms with Crippen molar-refractivity contribution >= 4 is 23.8 Å². The van der Waals surface area contributed by atoms with E-state index >= 15 is 0 Å². The molecular formula is C16H33CoF2NP3+3. The third-order valence-corrected chi connectivity index (χ3v) is 0.724. The summed E-state index contributed by atoms with van der Waals surface area (Å²) in [5, 5.41) is 6.25. The Balaban J connectivity index is -0.0000000633. The van der Waals surface area contributed by atoms with E-state index in [-0.39, 0.29) is 40.5 Å². The molecule has 1 aromatic carbocycles. The van der Waals surface area contributed by atoms with Gasteiger partial charge in [0.2, 0.25) is 0 Å². The second-order valence-electron chi connectivity index (χ2n) is 5.85. The molecule has 23 heavy (non-hydrogen) atoms. The van der Waals surface area contributed by atoms with Gasteiger partial charge in [0, 0.05) is 71.6 Å². The van der Waals surface area contributed by atoms with Gasteiger partial charge in [0.1, 0.15) is 0 Å². The van der Waals surface area contributed by atoms with E-state index in [1.165, 1.54) is 6.07 Å². The van der Waals surface area contributed by atoms with Crippen molar-refractivity contribution in [3.63, 3.8) is 0 Å². The average Bonchev–Trinajstić information content (AvgIpc) is 2.28. The molecule has 1 rings (SSSR count). The summed E-state index contributed by atoms with van der Waals surface area (Å²) in [6.45, 7) is 25.2. The molecule has 0 N–H and O–H groups in total. The van der Waals surface area contributed by atoms with Crippen LogP contribution in [-0.2, 0) is 16.8 Å². The summed E-state index contributed by atoms with van der Waals surface area (Å²) < 4.78 is 23.7. The molecule has 0 bridgehead atoms. The molecule has 0 saturated carbocycles. The van der Waals surface area contributed by atoms with E-state index in [0.717, 1.165) is 12.1 Å². The van der Waals surface area contributed by atoms with Gasteiger partial charge in [0.05, 0.1) is 0 Å². The van der Waals surface area contributed by atoms with E-state index in [1.807, 2.05) is 6.07 Å². The van der Waals surface area contributed by atoms with Crippen molar-refractivity contribution in [2.45, 2.75) is 0 Å². The molecule has 0 atom stereocenters. The van der Waals surface area contributed by atoms with Gasteiger partial charge in [0.15, 0.2) is 0 Å². The standard InChI is InChI=1S/C6H3F2.3C3H9P.CN.Co/c7-5-2-1-3-6(8)4-5;3*1-4(2)3;1-2;/h1-3H;3*1-3H3;;/q-1;;;;-1;+2/p+3. The van der Waals surface area contributed by atoms with Gasteiger partial charge in [-0.2, -0.15) is 6.07 Å². The van der Waals surface area contributed by atoms with Crippen LogP contribution in [0.2, 0.25) is 0 Å². The Kier molecular flexibility index (Phi) is 41.0. The van der Waals surface area contributed by atoms with Crippen molar-refractivity contribution in [1.82, 2.24) is 0 Å². The molecule has 7 heteroatoms. The smallest absolute Gasteiger partial charge is 0.512 e. The maximum Gasteiger partial charge on any atom is 2.00 e. The fourth-order valence-electron chi connectivity index (χ4n) is 0.414. The van der Waals surface area contributed by atoms with Crippen LogP contribution >= 0.6 is 23.8 Å². The molecule has 0 aromatic heterocycles. The van der Waals surface area contributed by atoms with Crippen LogP contribution in [0.3, 0.4) is 0 Å². The SMILES string of the molecule is C[PH+](C)C.C[PH+](C)C.C[PH+](C)C.Fc1[c-]c(F)ccc1.[C-]#N.[Co+2]. The molecule has 0 aliphatic carbocycles. The molecule has 0 aliphatic rings. The first-order valence-corrected chi connectivity index (χ1v) is 15.8. The van der Waals surface area contributed by atoms with Crippen molar-refractivity contribution in [1.29, 1.82) is 5.26 Å². The number of nitrogens with zero attached hydrogens (tertiary/aromatic N) is 1. The minimum Gasteiger partial charge on any atom is -0.512 e. The Morgan fingerprint density at radius 2 is 0.913 bits per heavy atom. The Hall–Kier alpha value is 0.366. The number of hydrogen-bond acceptors (Lipinski definition) is 1. The number of hydrogen-bond donors (Lipinski definition) is 0. The Bertz CT molecular complexity index is 309. The zero-order valence-electron chi connectivity index (χ0n) is 15.8. The molecule has 0 fully saturated rings. The Morgan fingerprint density at radius 1 is 0.739 bits per heavy atom. The zero-order valence-corrected chi connectivity index (χ0v) is 19.8. The molecule has 0 heterocycles. The van der Waals surface area contributed by atoms with Gasteiger partial charge in [-0.25, -0.2) is 8.78 Å². The number of benzene rings is 1. The van der Waals surface area contributed by atoms with Gasteiger partial charge in [-0.15, -0.1) is 18.2 Å². The Morgan fingerprint density at radius 3 is 1.00 bits per heavy atom. The first kappa shape index (κ1) is 34.7.